The molecule has 1 amide bonds. The molecule has 0 fully saturated rings. The van der Waals surface area contributed by atoms with Crippen LogP contribution in [0.4, 0.5) is 5.69 Å². The fraction of sp³-hybridized carbons (Fsp3) is 0.278. The monoisotopic (exact) mass is 430 g/mol. The van der Waals surface area contributed by atoms with E-state index in [2.05, 4.69) is 5.32 Å². The largest absolute Gasteiger partial charge is 0.495 e. The molecule has 1 N–H and O–H groups in total. The molecule has 2 aromatic rings. The standard InChI is InChI=1S/C18H20Cl2N2O4S/c1-3-11-22(27(24,25)18-13(19)7-6-8-14(18)20)12-17(23)21-15-9-4-5-10-16(15)26-2/h4-10H,3,11-12H2,1-2H3,(H,21,23). The van der Waals surface area contributed by atoms with E-state index >= 15 is 0 Å². The number of sulfonamides is 1. The molecule has 2 aromatic carbocycles. The summed E-state index contributed by atoms with van der Waals surface area (Å²) in [4.78, 5) is 12.3. The minimum atomic E-state index is -4.05. The van der Waals surface area contributed by atoms with E-state index in [9.17, 15) is 13.2 Å². The van der Waals surface area contributed by atoms with Gasteiger partial charge in [0.05, 0.1) is 29.4 Å². The van der Waals surface area contributed by atoms with E-state index in [1.165, 1.54) is 19.2 Å². The Labute approximate surface area is 169 Å². The summed E-state index contributed by atoms with van der Waals surface area (Å²) in [7, 11) is -2.57. The number of amides is 1. The van der Waals surface area contributed by atoms with Gasteiger partial charge in [-0.05, 0) is 30.7 Å². The van der Waals surface area contributed by atoms with E-state index in [4.69, 9.17) is 27.9 Å². The van der Waals surface area contributed by atoms with Gasteiger partial charge in [0.1, 0.15) is 10.6 Å². The highest BCUT2D eigenvalue weighted by Crippen LogP contribution is 2.31. The topological polar surface area (TPSA) is 75.7 Å². The maximum absolute atomic E-state index is 13.0. The van der Waals surface area contributed by atoms with Crippen molar-refractivity contribution in [1.82, 2.24) is 4.31 Å². The van der Waals surface area contributed by atoms with Gasteiger partial charge in [0.15, 0.2) is 0 Å². The van der Waals surface area contributed by atoms with Crippen LogP contribution in [0.3, 0.4) is 0 Å². The average molecular weight is 431 g/mol. The zero-order chi connectivity index (χ0) is 20.0. The molecule has 0 saturated heterocycles. The number of rotatable bonds is 8. The summed E-state index contributed by atoms with van der Waals surface area (Å²) < 4.78 is 32.3. The quantitative estimate of drug-likeness (QED) is 0.685. The molecule has 0 spiro atoms. The van der Waals surface area contributed by atoms with Crippen LogP contribution in [-0.4, -0.2) is 38.8 Å². The molecule has 0 radical (unpaired) electrons. The van der Waals surface area contributed by atoms with Crippen molar-refractivity contribution in [2.75, 3.05) is 25.5 Å². The zero-order valence-corrected chi connectivity index (χ0v) is 17.2. The van der Waals surface area contributed by atoms with E-state index in [1.54, 1.807) is 30.3 Å². The van der Waals surface area contributed by atoms with Gasteiger partial charge in [0.2, 0.25) is 15.9 Å². The number of nitrogens with one attached hydrogen (secondary N) is 1. The van der Waals surface area contributed by atoms with Gasteiger partial charge in [-0.3, -0.25) is 4.79 Å². The molecule has 6 nitrogen and oxygen atoms in total. The first-order chi connectivity index (χ1) is 12.8. The van der Waals surface area contributed by atoms with Crippen molar-refractivity contribution in [3.63, 3.8) is 0 Å². The smallest absolute Gasteiger partial charge is 0.246 e. The van der Waals surface area contributed by atoms with Crippen LogP contribution in [0.2, 0.25) is 10.0 Å². The molecule has 0 aliphatic rings. The summed E-state index contributed by atoms with van der Waals surface area (Å²) in [5.41, 5.74) is 0.453. The number of hydrogen-bond acceptors (Lipinski definition) is 4. The molecule has 0 aliphatic heterocycles. The fourth-order valence-electron chi connectivity index (χ4n) is 2.49. The second-order valence-electron chi connectivity index (χ2n) is 5.64. The van der Waals surface area contributed by atoms with Crippen LogP contribution in [0.25, 0.3) is 0 Å². The van der Waals surface area contributed by atoms with Crippen molar-refractivity contribution in [3.05, 3.63) is 52.5 Å². The Hall–Kier alpha value is -1.80. The molecule has 0 atom stereocenters. The Balaban J connectivity index is 2.28. The van der Waals surface area contributed by atoms with Crippen LogP contribution < -0.4 is 10.1 Å². The number of benzene rings is 2. The Bertz CT molecular complexity index is 899. The number of methoxy groups -OCH3 is 1. The second kappa shape index (κ2) is 9.41. The predicted octanol–water partition coefficient (Wildman–Crippen LogP) is 4.04. The summed E-state index contributed by atoms with van der Waals surface area (Å²) >= 11 is 12.1. The zero-order valence-electron chi connectivity index (χ0n) is 14.9. The third-order valence-electron chi connectivity index (χ3n) is 3.69. The lowest BCUT2D eigenvalue weighted by molar-refractivity contribution is -0.116. The molecule has 9 heteroatoms. The lowest BCUT2D eigenvalue weighted by atomic mass is 10.3. The number of carbonyl (C=O) groups is 1. The lowest BCUT2D eigenvalue weighted by Gasteiger charge is -2.22. The van der Waals surface area contributed by atoms with Crippen molar-refractivity contribution in [1.29, 1.82) is 0 Å². The highest BCUT2D eigenvalue weighted by Gasteiger charge is 2.30. The number of nitrogens with zero attached hydrogens (tertiary/aromatic N) is 1. The minimum Gasteiger partial charge on any atom is -0.495 e. The van der Waals surface area contributed by atoms with E-state index < -0.39 is 15.9 Å². The Kier molecular flexibility index (Phi) is 7.49. The van der Waals surface area contributed by atoms with Gasteiger partial charge < -0.3 is 10.1 Å². The van der Waals surface area contributed by atoms with Gasteiger partial charge in [-0.25, -0.2) is 8.42 Å². The molecule has 2 rings (SSSR count). The molecule has 0 aromatic heterocycles. The molecule has 0 unspecified atom stereocenters. The van der Waals surface area contributed by atoms with E-state index in [0.717, 1.165) is 4.31 Å². The highest BCUT2D eigenvalue weighted by atomic mass is 35.5. The number of anilines is 1. The summed E-state index contributed by atoms with van der Waals surface area (Å²) in [5.74, 6) is -0.0235. The molecular formula is C18H20Cl2N2O4S. The highest BCUT2D eigenvalue weighted by molar-refractivity contribution is 7.89. The van der Waals surface area contributed by atoms with Gasteiger partial charge in [-0.15, -0.1) is 0 Å². The van der Waals surface area contributed by atoms with Crippen LogP contribution in [0.15, 0.2) is 47.4 Å². The Morgan fingerprint density at radius 1 is 1.11 bits per heavy atom. The molecule has 0 heterocycles. The molecular weight excluding hydrogens is 411 g/mol. The van der Waals surface area contributed by atoms with Crippen LogP contribution in [0.1, 0.15) is 13.3 Å². The van der Waals surface area contributed by atoms with Gasteiger partial charge in [-0.1, -0.05) is 48.3 Å². The summed E-state index contributed by atoms with van der Waals surface area (Å²) in [6.07, 6.45) is 0.517. The molecule has 27 heavy (non-hydrogen) atoms. The first-order valence-corrected chi connectivity index (χ1v) is 10.4. The van der Waals surface area contributed by atoms with Crippen LogP contribution >= 0.6 is 23.2 Å². The third-order valence-corrected chi connectivity index (χ3v) is 6.49. The summed E-state index contributed by atoms with van der Waals surface area (Å²) in [5, 5.41) is 2.68. The average Bonchev–Trinajstić information content (AvgIpc) is 2.61. The van der Waals surface area contributed by atoms with Crippen molar-refractivity contribution in [3.8, 4) is 5.75 Å². The number of hydrogen-bond donors (Lipinski definition) is 1. The Morgan fingerprint density at radius 2 is 1.74 bits per heavy atom. The van der Waals surface area contributed by atoms with Crippen LogP contribution in [-0.2, 0) is 14.8 Å². The molecule has 0 aliphatic carbocycles. The maximum Gasteiger partial charge on any atom is 0.246 e. The van der Waals surface area contributed by atoms with Gasteiger partial charge in [0.25, 0.3) is 0 Å². The Morgan fingerprint density at radius 3 is 2.33 bits per heavy atom. The summed E-state index contributed by atoms with van der Waals surface area (Å²) in [6.45, 7) is 1.58. The number of carbonyl (C=O) groups excluding carboxylic acids is 1. The number of para-hydroxylation sites is 2. The van der Waals surface area contributed by atoms with Crippen LogP contribution in [0.5, 0.6) is 5.75 Å². The molecule has 0 saturated carbocycles. The second-order valence-corrected chi connectivity index (χ2v) is 8.33. The molecule has 146 valence electrons. The van der Waals surface area contributed by atoms with Gasteiger partial charge >= 0.3 is 0 Å². The van der Waals surface area contributed by atoms with Crippen molar-refractivity contribution < 1.29 is 17.9 Å². The fourth-order valence-corrected chi connectivity index (χ4v) is 5.07. The first kappa shape index (κ1) is 21.5. The predicted molar refractivity (Wildman–Crippen MR) is 107 cm³/mol. The number of ether oxygens (including phenoxy) is 1. The third kappa shape index (κ3) is 5.13. The van der Waals surface area contributed by atoms with Crippen molar-refractivity contribution >= 4 is 44.8 Å². The van der Waals surface area contributed by atoms with Crippen molar-refractivity contribution in [2.24, 2.45) is 0 Å². The minimum absolute atomic E-state index is 0.00809. The van der Waals surface area contributed by atoms with E-state index in [-0.39, 0.29) is 28.0 Å². The maximum atomic E-state index is 13.0. The number of halogens is 2. The van der Waals surface area contributed by atoms with Crippen LogP contribution in [0, 0.1) is 0 Å². The van der Waals surface area contributed by atoms with Gasteiger partial charge in [0, 0.05) is 6.54 Å². The normalized spacial score (nSPS) is 11.4. The first-order valence-electron chi connectivity index (χ1n) is 8.18. The summed E-state index contributed by atoms with van der Waals surface area (Å²) in [6, 6.07) is 11.3. The van der Waals surface area contributed by atoms with E-state index in [0.29, 0.717) is 17.9 Å². The molecule has 0 bridgehead atoms. The van der Waals surface area contributed by atoms with E-state index in [1.807, 2.05) is 6.92 Å². The lowest BCUT2D eigenvalue weighted by Crippen LogP contribution is -2.38. The van der Waals surface area contributed by atoms with Gasteiger partial charge in [-0.2, -0.15) is 4.31 Å². The van der Waals surface area contributed by atoms with Crippen molar-refractivity contribution in [2.45, 2.75) is 18.2 Å². The SMILES string of the molecule is CCCN(CC(=O)Nc1ccccc1OC)S(=O)(=O)c1c(Cl)cccc1Cl.